The maximum Gasteiger partial charge on any atom is 0.472 e. The Bertz CT molecular complexity index is 906. The molecular weight excluding hydrogens is 589 g/mol. The highest BCUT2D eigenvalue weighted by Crippen LogP contribution is 2.43. The smallest absolute Gasteiger partial charge is 0.457 e. The number of nitrogens with zero attached hydrogens (tertiary/aromatic N) is 1. The molecule has 0 aromatic carbocycles. The van der Waals surface area contributed by atoms with Crippen molar-refractivity contribution in [1.82, 2.24) is 0 Å². The largest absolute Gasteiger partial charge is 0.472 e. The molecule has 9 heteroatoms. The van der Waals surface area contributed by atoms with Crippen LogP contribution in [0.1, 0.15) is 104 Å². The molecule has 2 unspecified atom stereocenters. The molecule has 0 aromatic rings. The Kier molecular flexibility index (Phi) is 28.4. The minimum atomic E-state index is -4.24. The second-order valence-electron chi connectivity index (χ2n) is 12.2. The summed E-state index contributed by atoms with van der Waals surface area (Å²) in [6.07, 6.45) is 35.5. The number of unbranched alkanes of at least 4 members (excludes halogenated alkanes) is 6. The lowest BCUT2D eigenvalue weighted by molar-refractivity contribution is -0.870. The van der Waals surface area contributed by atoms with Gasteiger partial charge in [0.2, 0.25) is 0 Å². The second-order valence-corrected chi connectivity index (χ2v) is 13.6. The molecule has 0 amide bonds. The highest BCUT2D eigenvalue weighted by atomic mass is 31.2. The summed E-state index contributed by atoms with van der Waals surface area (Å²) in [6, 6.07) is 0. The molecule has 0 heterocycles. The fourth-order valence-electron chi connectivity index (χ4n) is 3.97. The molecule has 0 aliphatic carbocycles. The zero-order valence-corrected chi connectivity index (χ0v) is 30.0. The number of allylic oxidation sites excluding steroid dienone is 10. The first-order chi connectivity index (χ1) is 21.6. The third-order valence-corrected chi connectivity index (χ3v) is 7.55. The monoisotopic (exact) mass is 654 g/mol. The number of carbonyl (C=O) groups excluding carboxylic acids is 1. The van der Waals surface area contributed by atoms with Crippen LogP contribution in [0, 0.1) is 0 Å². The number of phosphoric ester groups is 1. The molecule has 0 radical (unpaired) electrons. The van der Waals surface area contributed by atoms with Crippen LogP contribution in [-0.4, -0.2) is 75.6 Å². The lowest BCUT2D eigenvalue weighted by Gasteiger charge is -2.24. The van der Waals surface area contributed by atoms with E-state index in [1.807, 2.05) is 28.1 Å². The molecule has 0 rings (SSSR count). The van der Waals surface area contributed by atoms with Crippen molar-refractivity contribution in [2.45, 2.75) is 110 Å². The molecule has 0 bridgehead atoms. The van der Waals surface area contributed by atoms with Crippen molar-refractivity contribution >= 4 is 13.8 Å². The summed E-state index contributed by atoms with van der Waals surface area (Å²) in [5.74, 6) is -0.377. The molecule has 0 saturated carbocycles. The summed E-state index contributed by atoms with van der Waals surface area (Å²) in [5, 5.41) is 0. The van der Waals surface area contributed by atoms with E-state index in [-0.39, 0.29) is 32.2 Å². The maximum absolute atomic E-state index is 12.2. The van der Waals surface area contributed by atoms with E-state index in [0.29, 0.717) is 24.1 Å². The van der Waals surface area contributed by atoms with Crippen LogP contribution in [0.4, 0.5) is 0 Å². The van der Waals surface area contributed by atoms with Crippen molar-refractivity contribution in [3.8, 4) is 0 Å². The van der Waals surface area contributed by atoms with E-state index in [2.05, 4.69) is 67.7 Å². The number of hydrogen-bond donors (Lipinski definition) is 1. The van der Waals surface area contributed by atoms with Gasteiger partial charge in [0.15, 0.2) is 0 Å². The average Bonchev–Trinajstić information content (AvgIpc) is 2.97. The van der Waals surface area contributed by atoms with E-state index in [1.54, 1.807) is 0 Å². The van der Waals surface area contributed by atoms with Gasteiger partial charge in [-0.2, -0.15) is 0 Å². The molecule has 0 aromatic heterocycles. The fourth-order valence-corrected chi connectivity index (χ4v) is 4.71. The van der Waals surface area contributed by atoms with Crippen LogP contribution in [0.3, 0.4) is 0 Å². The zero-order valence-electron chi connectivity index (χ0n) is 29.1. The predicted octanol–water partition coefficient (Wildman–Crippen LogP) is 9.04. The van der Waals surface area contributed by atoms with Crippen LogP contribution in [-0.2, 0) is 27.9 Å². The standard InChI is InChI=1S/C36H64NO7P/c1-6-8-9-10-11-12-13-14-15-16-17-18-19-20-21-22-23-24-25-26-27-28-31-41-33-35(44-36(38)29-7-2)34-43-45(39,40)42-32-30-37(3,4)5/h8-9,11-12,14-15,17-18,20-21,35H,6-7,10,13,16,19,22-34H2,1-5H3/p+1/b9-8-,12-11-,15-14-,18-17-,21-20-. The van der Waals surface area contributed by atoms with Gasteiger partial charge in [0.1, 0.15) is 19.3 Å². The molecule has 45 heavy (non-hydrogen) atoms. The Labute approximate surface area is 275 Å². The Morgan fingerprint density at radius 1 is 0.711 bits per heavy atom. The molecule has 0 aliphatic rings. The summed E-state index contributed by atoms with van der Waals surface area (Å²) in [6.45, 7) is 5.07. The van der Waals surface area contributed by atoms with Crippen molar-refractivity contribution in [1.29, 1.82) is 0 Å². The number of rotatable bonds is 30. The third-order valence-electron chi connectivity index (χ3n) is 6.56. The number of quaternary nitrogens is 1. The first-order valence-electron chi connectivity index (χ1n) is 17.0. The minimum absolute atomic E-state index is 0.0808. The van der Waals surface area contributed by atoms with Crippen molar-refractivity contribution in [3.05, 3.63) is 60.8 Å². The quantitative estimate of drug-likeness (QED) is 0.0272. The summed E-state index contributed by atoms with van der Waals surface area (Å²) >= 11 is 0. The van der Waals surface area contributed by atoms with Crippen LogP contribution in [0.25, 0.3) is 0 Å². The van der Waals surface area contributed by atoms with Gasteiger partial charge in [-0.25, -0.2) is 4.57 Å². The van der Waals surface area contributed by atoms with Gasteiger partial charge in [-0.3, -0.25) is 13.8 Å². The highest BCUT2D eigenvalue weighted by molar-refractivity contribution is 7.47. The molecule has 0 spiro atoms. The summed E-state index contributed by atoms with van der Waals surface area (Å²) in [4.78, 5) is 22.0. The summed E-state index contributed by atoms with van der Waals surface area (Å²) in [7, 11) is 1.64. The highest BCUT2D eigenvalue weighted by Gasteiger charge is 2.26. The number of esters is 1. The average molecular weight is 655 g/mol. The molecule has 0 saturated heterocycles. The molecule has 0 fully saturated rings. The first-order valence-corrected chi connectivity index (χ1v) is 18.5. The van der Waals surface area contributed by atoms with E-state index in [1.165, 1.54) is 19.3 Å². The first kappa shape index (κ1) is 43.2. The Hall–Kier alpha value is -1.80. The van der Waals surface area contributed by atoms with Crippen molar-refractivity contribution < 1.29 is 37.3 Å². The lowest BCUT2D eigenvalue weighted by atomic mass is 10.1. The normalized spacial score (nSPS) is 14.9. The molecular formula is C36H65NO7P+. The molecule has 0 aliphatic heterocycles. The van der Waals surface area contributed by atoms with Crippen LogP contribution in [0.15, 0.2) is 60.8 Å². The van der Waals surface area contributed by atoms with Gasteiger partial charge in [0.25, 0.3) is 0 Å². The third kappa shape index (κ3) is 33.4. The molecule has 2 atom stereocenters. The van der Waals surface area contributed by atoms with Crippen molar-refractivity contribution in [2.24, 2.45) is 0 Å². The maximum atomic E-state index is 12.2. The van der Waals surface area contributed by atoms with Gasteiger partial charge in [-0.15, -0.1) is 0 Å². The molecule has 260 valence electrons. The zero-order chi connectivity index (χ0) is 33.5. The van der Waals surface area contributed by atoms with Crippen LogP contribution < -0.4 is 0 Å². The Balaban J connectivity index is 3.93. The number of phosphoric acid groups is 1. The van der Waals surface area contributed by atoms with Gasteiger partial charge in [-0.1, -0.05) is 100 Å². The molecule has 1 N–H and O–H groups in total. The summed E-state index contributed by atoms with van der Waals surface area (Å²) in [5.41, 5.74) is 0. The second kappa shape index (κ2) is 29.6. The fraction of sp³-hybridized carbons (Fsp3) is 0.694. The van der Waals surface area contributed by atoms with Crippen molar-refractivity contribution in [2.75, 3.05) is 54.1 Å². The van der Waals surface area contributed by atoms with E-state index in [0.717, 1.165) is 57.8 Å². The van der Waals surface area contributed by atoms with E-state index in [9.17, 15) is 14.3 Å². The number of hydrogen-bond acceptors (Lipinski definition) is 6. The van der Waals surface area contributed by atoms with Gasteiger partial charge in [0.05, 0.1) is 34.4 Å². The number of likely N-dealkylation sites (N-methyl/N-ethyl adjacent to an activating group) is 1. The number of ether oxygens (including phenoxy) is 2. The lowest BCUT2D eigenvalue weighted by Crippen LogP contribution is -2.37. The Morgan fingerprint density at radius 3 is 1.80 bits per heavy atom. The summed E-state index contributed by atoms with van der Waals surface area (Å²) < 4.78 is 34.1. The van der Waals surface area contributed by atoms with E-state index >= 15 is 0 Å². The predicted molar refractivity (Wildman–Crippen MR) is 187 cm³/mol. The number of carbonyl (C=O) groups is 1. The van der Waals surface area contributed by atoms with Gasteiger partial charge >= 0.3 is 13.8 Å². The van der Waals surface area contributed by atoms with Gasteiger partial charge in [-0.05, 0) is 57.8 Å². The van der Waals surface area contributed by atoms with Gasteiger partial charge in [0, 0.05) is 13.0 Å². The van der Waals surface area contributed by atoms with Crippen LogP contribution in [0.5, 0.6) is 0 Å². The van der Waals surface area contributed by atoms with Crippen LogP contribution in [0.2, 0.25) is 0 Å². The Morgan fingerprint density at radius 2 is 1.24 bits per heavy atom. The van der Waals surface area contributed by atoms with Crippen LogP contribution >= 0.6 is 7.82 Å². The molecule has 8 nitrogen and oxygen atoms in total. The van der Waals surface area contributed by atoms with E-state index in [4.69, 9.17) is 18.5 Å². The topological polar surface area (TPSA) is 91.3 Å². The SMILES string of the molecule is CC/C=C\C/C=C\C/C=C\C/C=C\C/C=C\CCCCCCCCOCC(COP(=O)(O)OCC[N+](C)(C)C)OC(=O)CCC. The minimum Gasteiger partial charge on any atom is -0.457 e. The van der Waals surface area contributed by atoms with E-state index < -0.39 is 13.9 Å². The van der Waals surface area contributed by atoms with Gasteiger partial charge < -0.3 is 18.9 Å². The van der Waals surface area contributed by atoms with Crippen molar-refractivity contribution in [3.63, 3.8) is 0 Å².